The second-order valence-electron chi connectivity index (χ2n) is 3.45. The van der Waals surface area contributed by atoms with Crippen molar-refractivity contribution in [2.45, 2.75) is 31.9 Å². The van der Waals surface area contributed by atoms with Gasteiger partial charge in [0.1, 0.15) is 0 Å². The SMILES string of the molecule is OC[C@H](CC(F)(F)F)C1CCC1. The second kappa shape index (κ2) is 3.64. The van der Waals surface area contributed by atoms with Crippen molar-refractivity contribution < 1.29 is 18.3 Å². The molecule has 0 amide bonds. The fourth-order valence-electron chi connectivity index (χ4n) is 1.59. The fraction of sp³-hybridized carbons (Fsp3) is 1.00. The van der Waals surface area contributed by atoms with Gasteiger partial charge in [0.25, 0.3) is 0 Å². The molecule has 1 atom stereocenters. The molecule has 1 rings (SSSR count). The third kappa shape index (κ3) is 2.66. The average molecular weight is 182 g/mol. The van der Waals surface area contributed by atoms with Gasteiger partial charge in [-0.25, -0.2) is 0 Å². The minimum absolute atomic E-state index is 0.108. The Hall–Kier alpha value is -0.250. The van der Waals surface area contributed by atoms with E-state index in [-0.39, 0.29) is 12.5 Å². The van der Waals surface area contributed by atoms with Gasteiger partial charge in [-0.3, -0.25) is 0 Å². The molecule has 0 unspecified atom stereocenters. The smallest absolute Gasteiger partial charge is 0.389 e. The Labute approximate surface area is 69.6 Å². The van der Waals surface area contributed by atoms with E-state index < -0.39 is 18.5 Å². The molecule has 0 spiro atoms. The van der Waals surface area contributed by atoms with Crippen LogP contribution in [0.1, 0.15) is 25.7 Å². The first-order valence-corrected chi connectivity index (χ1v) is 4.20. The topological polar surface area (TPSA) is 20.2 Å². The molecule has 0 saturated heterocycles. The molecule has 0 aliphatic heterocycles. The van der Waals surface area contributed by atoms with Crippen molar-refractivity contribution in [1.29, 1.82) is 0 Å². The molecular formula is C8H13F3O. The van der Waals surface area contributed by atoms with Crippen LogP contribution >= 0.6 is 0 Å². The molecule has 1 saturated carbocycles. The van der Waals surface area contributed by atoms with Crippen molar-refractivity contribution in [2.75, 3.05) is 6.61 Å². The van der Waals surface area contributed by atoms with Crippen molar-refractivity contribution in [2.24, 2.45) is 11.8 Å². The Kier molecular flexibility index (Phi) is 2.99. The van der Waals surface area contributed by atoms with Crippen LogP contribution in [0.2, 0.25) is 0 Å². The first-order valence-electron chi connectivity index (χ1n) is 4.20. The second-order valence-corrected chi connectivity index (χ2v) is 3.45. The third-order valence-electron chi connectivity index (χ3n) is 2.54. The number of halogens is 3. The van der Waals surface area contributed by atoms with Gasteiger partial charge in [-0.15, -0.1) is 0 Å². The summed E-state index contributed by atoms with van der Waals surface area (Å²) in [4.78, 5) is 0. The van der Waals surface area contributed by atoms with E-state index in [9.17, 15) is 13.2 Å². The van der Waals surface area contributed by atoms with E-state index in [0.29, 0.717) is 0 Å². The van der Waals surface area contributed by atoms with Crippen LogP contribution in [0.25, 0.3) is 0 Å². The predicted octanol–water partition coefficient (Wildman–Crippen LogP) is 2.35. The molecule has 72 valence electrons. The van der Waals surface area contributed by atoms with Gasteiger partial charge >= 0.3 is 6.18 Å². The maximum absolute atomic E-state index is 11.9. The summed E-state index contributed by atoms with van der Waals surface area (Å²) in [6, 6.07) is 0. The van der Waals surface area contributed by atoms with Crippen molar-refractivity contribution in [3.8, 4) is 0 Å². The minimum atomic E-state index is -4.12. The highest BCUT2D eigenvalue weighted by Gasteiger charge is 2.37. The Balaban J connectivity index is 2.34. The van der Waals surface area contributed by atoms with E-state index in [4.69, 9.17) is 5.11 Å². The normalized spacial score (nSPS) is 22.0. The zero-order valence-corrected chi connectivity index (χ0v) is 6.77. The van der Waals surface area contributed by atoms with E-state index in [0.717, 1.165) is 19.3 Å². The van der Waals surface area contributed by atoms with Crippen LogP contribution in [0, 0.1) is 11.8 Å². The van der Waals surface area contributed by atoms with Gasteiger partial charge in [0.15, 0.2) is 0 Å². The molecule has 0 aromatic heterocycles. The molecule has 0 radical (unpaired) electrons. The molecule has 1 fully saturated rings. The molecule has 0 aromatic rings. The van der Waals surface area contributed by atoms with Crippen molar-refractivity contribution in [1.82, 2.24) is 0 Å². The van der Waals surface area contributed by atoms with Gasteiger partial charge in [0, 0.05) is 13.0 Å². The van der Waals surface area contributed by atoms with Gasteiger partial charge in [0.05, 0.1) is 0 Å². The lowest BCUT2D eigenvalue weighted by Gasteiger charge is -2.33. The Morgan fingerprint density at radius 2 is 1.92 bits per heavy atom. The van der Waals surface area contributed by atoms with E-state index in [1.165, 1.54) is 0 Å². The van der Waals surface area contributed by atoms with Crippen LogP contribution < -0.4 is 0 Å². The Morgan fingerprint density at radius 3 is 2.17 bits per heavy atom. The number of rotatable bonds is 3. The van der Waals surface area contributed by atoms with E-state index in [2.05, 4.69) is 0 Å². The summed E-state index contributed by atoms with van der Waals surface area (Å²) in [5.41, 5.74) is 0. The standard InChI is InChI=1S/C8H13F3O/c9-8(10,11)4-7(5-12)6-2-1-3-6/h6-7,12H,1-5H2/t7-/m0/s1. The zero-order valence-electron chi connectivity index (χ0n) is 6.77. The Bertz CT molecular complexity index is 140. The fourth-order valence-corrected chi connectivity index (χ4v) is 1.59. The molecule has 0 heterocycles. The number of hydrogen-bond donors (Lipinski definition) is 1. The van der Waals surface area contributed by atoms with Crippen LogP contribution in [0.15, 0.2) is 0 Å². The number of hydrogen-bond acceptors (Lipinski definition) is 1. The largest absolute Gasteiger partial charge is 0.396 e. The van der Waals surface area contributed by atoms with Crippen LogP contribution in [-0.4, -0.2) is 17.9 Å². The van der Waals surface area contributed by atoms with Gasteiger partial charge < -0.3 is 5.11 Å². The lowest BCUT2D eigenvalue weighted by atomic mass is 9.75. The van der Waals surface area contributed by atoms with Crippen LogP contribution in [0.4, 0.5) is 13.2 Å². The average Bonchev–Trinajstić information content (AvgIpc) is 1.79. The van der Waals surface area contributed by atoms with E-state index in [1.807, 2.05) is 0 Å². The molecular weight excluding hydrogens is 169 g/mol. The monoisotopic (exact) mass is 182 g/mol. The van der Waals surface area contributed by atoms with Crippen LogP contribution in [-0.2, 0) is 0 Å². The summed E-state index contributed by atoms with van der Waals surface area (Å²) in [5.74, 6) is -0.449. The third-order valence-corrected chi connectivity index (χ3v) is 2.54. The molecule has 1 nitrogen and oxygen atoms in total. The van der Waals surface area contributed by atoms with Crippen molar-refractivity contribution >= 4 is 0 Å². The van der Waals surface area contributed by atoms with E-state index in [1.54, 1.807) is 0 Å². The van der Waals surface area contributed by atoms with Gasteiger partial charge in [-0.05, 0) is 11.8 Å². The summed E-state index contributed by atoms with van der Waals surface area (Å²) in [6.45, 7) is -0.329. The summed E-state index contributed by atoms with van der Waals surface area (Å²) >= 11 is 0. The number of aliphatic hydroxyl groups is 1. The molecule has 12 heavy (non-hydrogen) atoms. The highest BCUT2D eigenvalue weighted by molar-refractivity contribution is 4.78. The van der Waals surface area contributed by atoms with Crippen molar-refractivity contribution in [3.63, 3.8) is 0 Å². The number of aliphatic hydroxyl groups excluding tert-OH is 1. The molecule has 0 bridgehead atoms. The maximum atomic E-state index is 11.9. The maximum Gasteiger partial charge on any atom is 0.389 e. The van der Waals surface area contributed by atoms with E-state index >= 15 is 0 Å². The van der Waals surface area contributed by atoms with Crippen molar-refractivity contribution in [3.05, 3.63) is 0 Å². The lowest BCUT2D eigenvalue weighted by Crippen LogP contribution is -2.29. The molecule has 1 aliphatic carbocycles. The van der Waals surface area contributed by atoms with Gasteiger partial charge in [-0.2, -0.15) is 13.2 Å². The van der Waals surface area contributed by atoms with Crippen LogP contribution in [0.3, 0.4) is 0 Å². The molecule has 0 aromatic carbocycles. The molecule has 4 heteroatoms. The quantitative estimate of drug-likeness (QED) is 0.710. The number of alkyl halides is 3. The first kappa shape index (κ1) is 9.84. The summed E-state index contributed by atoms with van der Waals surface area (Å²) < 4.78 is 35.7. The highest BCUT2D eigenvalue weighted by Crippen LogP contribution is 2.38. The first-order chi connectivity index (χ1) is 5.53. The minimum Gasteiger partial charge on any atom is -0.396 e. The Morgan fingerprint density at radius 1 is 1.33 bits per heavy atom. The highest BCUT2D eigenvalue weighted by atomic mass is 19.4. The molecule has 1 N–H and O–H groups in total. The van der Waals surface area contributed by atoms with Gasteiger partial charge in [-0.1, -0.05) is 19.3 Å². The zero-order chi connectivity index (χ0) is 9.19. The summed E-state index contributed by atoms with van der Waals surface area (Å²) in [7, 11) is 0. The molecule has 1 aliphatic rings. The van der Waals surface area contributed by atoms with Crippen LogP contribution in [0.5, 0.6) is 0 Å². The lowest BCUT2D eigenvalue weighted by molar-refractivity contribution is -0.154. The predicted molar refractivity (Wildman–Crippen MR) is 38.6 cm³/mol. The van der Waals surface area contributed by atoms with Gasteiger partial charge in [0.2, 0.25) is 0 Å². The summed E-state index contributed by atoms with van der Waals surface area (Å²) in [6.07, 6.45) is -2.24. The summed E-state index contributed by atoms with van der Waals surface area (Å²) in [5, 5.41) is 8.72.